The number of carbonyl (C=O) groups excluding carboxylic acids is 1. The summed E-state index contributed by atoms with van der Waals surface area (Å²) in [7, 11) is 1.72. The standard InChI is InChI=1S/C48H48F2N10O5/c1-25-18-32(19-26(2)40(25)49)60-42(58-16-15-57(46(58)63)37-11-10-36-33(41(37)50)24-51-55(36)7)39-28(4)56(14-12-34(39)53-60)43(61)38-21-31-20-29(30-13-17-64-47(5,6)23-30)8-9-35(31)59(38)48(22-27(48)3)44-52-45(62)65-54-44/h8-11,15-16,18-21,24,27-28,30H,12-14,17,22-23H2,1-7H3,(H,52,54,62)/t27-,28-,30+,48+/m0/s1. The number of rotatable bonds is 7. The molecule has 1 saturated carbocycles. The number of halogens is 2. The molecule has 65 heavy (non-hydrogen) atoms. The Labute approximate surface area is 370 Å². The molecule has 2 fully saturated rings. The minimum absolute atomic E-state index is 0.00109. The average Bonchev–Trinajstić information content (AvgIpc) is 3.90. The first-order chi connectivity index (χ1) is 31.1. The Morgan fingerprint density at radius 3 is 2.38 bits per heavy atom. The van der Waals surface area contributed by atoms with Crippen LogP contribution >= 0.6 is 0 Å². The van der Waals surface area contributed by atoms with Gasteiger partial charge >= 0.3 is 11.4 Å². The molecule has 4 atom stereocenters. The summed E-state index contributed by atoms with van der Waals surface area (Å²) >= 11 is 0. The number of amides is 1. The van der Waals surface area contributed by atoms with E-state index in [9.17, 15) is 9.59 Å². The van der Waals surface area contributed by atoms with Gasteiger partial charge in [-0.2, -0.15) is 10.2 Å². The minimum Gasteiger partial charge on any atom is -0.376 e. The third-order valence-corrected chi connectivity index (χ3v) is 14.2. The maximum atomic E-state index is 16.1. The quantitative estimate of drug-likeness (QED) is 0.173. The van der Waals surface area contributed by atoms with E-state index in [1.807, 2.05) is 17.6 Å². The van der Waals surface area contributed by atoms with Gasteiger partial charge in [0.05, 0.1) is 45.8 Å². The summed E-state index contributed by atoms with van der Waals surface area (Å²) in [5, 5.41) is 14.6. The molecule has 5 aromatic heterocycles. The lowest BCUT2D eigenvalue weighted by atomic mass is 9.83. The Morgan fingerprint density at radius 2 is 1.68 bits per heavy atom. The van der Waals surface area contributed by atoms with Gasteiger partial charge in [-0.15, -0.1) is 0 Å². The summed E-state index contributed by atoms with van der Waals surface area (Å²) < 4.78 is 50.2. The Balaban J connectivity index is 1.06. The Hall–Kier alpha value is -6.88. The van der Waals surface area contributed by atoms with E-state index in [2.05, 4.69) is 54.2 Å². The number of H-pyrrole nitrogens is 1. The third-order valence-electron chi connectivity index (χ3n) is 14.2. The van der Waals surface area contributed by atoms with Crippen molar-refractivity contribution in [2.45, 2.75) is 90.3 Å². The molecule has 0 bridgehead atoms. The molecule has 1 saturated heterocycles. The molecule has 3 aliphatic rings. The van der Waals surface area contributed by atoms with Crippen molar-refractivity contribution in [1.82, 2.24) is 48.3 Å². The first-order valence-electron chi connectivity index (χ1n) is 22.0. The number of nitrogens with zero attached hydrogens (tertiary/aromatic N) is 9. The predicted octanol–water partition coefficient (Wildman–Crippen LogP) is 7.44. The van der Waals surface area contributed by atoms with Gasteiger partial charge in [0.25, 0.3) is 5.91 Å². The Kier molecular flexibility index (Phi) is 9.00. The van der Waals surface area contributed by atoms with Gasteiger partial charge in [-0.1, -0.05) is 18.1 Å². The van der Waals surface area contributed by atoms with Gasteiger partial charge in [0.1, 0.15) is 22.9 Å². The Bertz CT molecular complexity index is 3380. The van der Waals surface area contributed by atoms with Gasteiger partial charge in [-0.25, -0.2) is 23.1 Å². The largest absolute Gasteiger partial charge is 0.438 e. The lowest BCUT2D eigenvalue weighted by Crippen LogP contribution is -2.41. The zero-order valence-electron chi connectivity index (χ0n) is 37.1. The van der Waals surface area contributed by atoms with Crippen LogP contribution in [0.25, 0.3) is 39.0 Å². The van der Waals surface area contributed by atoms with Crippen LogP contribution in [0.1, 0.15) is 103 Å². The van der Waals surface area contributed by atoms with Crippen LogP contribution in [0.15, 0.2) is 81.2 Å². The number of fused-ring (bicyclic) bond motifs is 3. The molecule has 11 rings (SSSR count). The van der Waals surface area contributed by atoms with Crippen LogP contribution in [0.4, 0.5) is 8.78 Å². The van der Waals surface area contributed by atoms with Crippen LogP contribution < -0.4 is 11.4 Å². The second-order valence-corrected chi connectivity index (χ2v) is 18.8. The summed E-state index contributed by atoms with van der Waals surface area (Å²) in [6.07, 6.45) is 7.17. The fourth-order valence-electron chi connectivity index (χ4n) is 10.8. The maximum absolute atomic E-state index is 16.1. The molecular formula is C48H48F2N10O5. The van der Waals surface area contributed by atoms with Crippen molar-refractivity contribution in [3.05, 3.63) is 139 Å². The third kappa shape index (κ3) is 6.14. The van der Waals surface area contributed by atoms with Crippen molar-refractivity contribution in [3.63, 3.8) is 0 Å². The van der Waals surface area contributed by atoms with Crippen LogP contribution in [0.2, 0.25) is 0 Å². The minimum atomic E-state index is -0.857. The van der Waals surface area contributed by atoms with Crippen LogP contribution in [-0.4, -0.2) is 73.0 Å². The van der Waals surface area contributed by atoms with E-state index in [-0.39, 0.29) is 40.2 Å². The van der Waals surface area contributed by atoms with Crippen LogP contribution in [0.3, 0.4) is 0 Å². The molecule has 2 aliphatic heterocycles. The molecule has 0 spiro atoms. The van der Waals surface area contributed by atoms with Gasteiger partial charge in [-0.05, 0) is 125 Å². The van der Waals surface area contributed by atoms with E-state index in [1.54, 1.807) is 65.6 Å². The monoisotopic (exact) mass is 882 g/mol. The van der Waals surface area contributed by atoms with Crippen molar-refractivity contribution < 1.29 is 22.8 Å². The SMILES string of the molecule is Cc1cc(-n2nc3c(c2-n2ccn(-c4ccc5c(cnn5C)c4F)c2=O)[C@H](C)N(C(=O)c2cc4cc([C@@H]5CCOC(C)(C)C5)ccc4n2[C@]2(c4noc(=O)[nH]4)C[C@@H]2C)CC3)cc(C)c1F. The van der Waals surface area contributed by atoms with E-state index in [4.69, 9.17) is 14.4 Å². The molecule has 17 heteroatoms. The highest BCUT2D eigenvalue weighted by molar-refractivity contribution is 6.00. The number of benzene rings is 3. The van der Waals surface area contributed by atoms with Gasteiger partial charge in [-0.3, -0.25) is 28.1 Å². The molecule has 15 nitrogen and oxygen atoms in total. The van der Waals surface area contributed by atoms with Gasteiger partial charge in [0, 0.05) is 55.5 Å². The Morgan fingerprint density at radius 1 is 0.938 bits per heavy atom. The van der Waals surface area contributed by atoms with Gasteiger partial charge in [0.2, 0.25) is 0 Å². The highest BCUT2D eigenvalue weighted by atomic mass is 19.1. The van der Waals surface area contributed by atoms with Gasteiger partial charge < -0.3 is 14.2 Å². The number of aryl methyl sites for hydroxylation is 3. The number of carbonyl (C=O) groups is 1. The lowest BCUT2D eigenvalue weighted by Gasteiger charge is -2.35. The molecule has 1 amide bonds. The van der Waals surface area contributed by atoms with Crippen molar-refractivity contribution >= 4 is 27.7 Å². The second-order valence-electron chi connectivity index (χ2n) is 18.8. The molecule has 7 heterocycles. The zero-order chi connectivity index (χ0) is 45.4. The molecule has 8 aromatic rings. The van der Waals surface area contributed by atoms with E-state index < -0.39 is 28.8 Å². The predicted molar refractivity (Wildman–Crippen MR) is 237 cm³/mol. The molecule has 1 aliphatic carbocycles. The van der Waals surface area contributed by atoms with Crippen LogP contribution in [0.5, 0.6) is 0 Å². The summed E-state index contributed by atoms with van der Waals surface area (Å²) in [6, 6.07) is 14.3. The van der Waals surface area contributed by atoms with Crippen molar-refractivity contribution in [2.24, 2.45) is 13.0 Å². The highest BCUT2D eigenvalue weighted by Gasteiger charge is 2.59. The maximum Gasteiger partial charge on any atom is 0.438 e. The number of aromatic nitrogens is 9. The summed E-state index contributed by atoms with van der Waals surface area (Å²) in [6.45, 7) is 12.5. The molecule has 0 unspecified atom stereocenters. The van der Waals surface area contributed by atoms with E-state index in [0.29, 0.717) is 76.9 Å². The van der Waals surface area contributed by atoms with Crippen molar-refractivity contribution in [2.75, 3.05) is 13.2 Å². The highest BCUT2D eigenvalue weighted by Crippen LogP contribution is 2.56. The van der Waals surface area contributed by atoms with E-state index in [1.165, 1.54) is 21.5 Å². The molecule has 1 N–H and O–H groups in total. The van der Waals surface area contributed by atoms with E-state index >= 15 is 13.6 Å². The average molecular weight is 883 g/mol. The molecule has 0 radical (unpaired) electrons. The normalized spacial score (nSPS) is 21.7. The number of imidazole rings is 1. The molecule has 334 valence electrons. The van der Waals surface area contributed by atoms with E-state index in [0.717, 1.165) is 29.3 Å². The number of aromatic amines is 1. The number of nitrogens with one attached hydrogen (secondary N) is 1. The first-order valence-corrected chi connectivity index (χ1v) is 22.0. The van der Waals surface area contributed by atoms with Crippen LogP contribution in [-0.2, 0) is 23.7 Å². The smallest absolute Gasteiger partial charge is 0.376 e. The zero-order valence-corrected chi connectivity index (χ0v) is 37.1. The fraction of sp³-hybridized carbons (Fsp3) is 0.375. The summed E-state index contributed by atoms with van der Waals surface area (Å²) in [5.74, 6) is -0.925. The topological polar surface area (TPSA) is 156 Å². The van der Waals surface area contributed by atoms with Gasteiger partial charge in [0.15, 0.2) is 11.6 Å². The number of ether oxygens (including phenoxy) is 1. The summed E-state index contributed by atoms with van der Waals surface area (Å²) in [4.78, 5) is 47.2. The number of hydrogen-bond donors (Lipinski definition) is 1. The molecular weight excluding hydrogens is 835 g/mol. The number of hydrogen-bond acceptors (Lipinski definition) is 8. The lowest BCUT2D eigenvalue weighted by molar-refractivity contribution is -0.0592. The fourth-order valence-corrected chi connectivity index (χ4v) is 10.8. The van der Waals surface area contributed by atoms with Crippen molar-refractivity contribution in [1.29, 1.82) is 0 Å². The summed E-state index contributed by atoms with van der Waals surface area (Å²) in [5.41, 5.74) is 3.92. The second kappa shape index (κ2) is 14.3. The van der Waals surface area contributed by atoms with Crippen LogP contribution in [0, 0.1) is 31.4 Å². The van der Waals surface area contributed by atoms with Crippen molar-refractivity contribution in [3.8, 4) is 17.2 Å². The first kappa shape index (κ1) is 40.9. The molecule has 3 aromatic carbocycles.